The number of fused-ring (bicyclic) bond motifs is 1. The standard InChI is InChI=1S/C25H34ClN5O4/c1-17(2)21-16-35-22-8-7-19(26)12-20(22)25(34)27-10-4-5-11-31(15-23(32)29-21)24(33)9-6-18-13-28-30(3)14-18/h7-8,12-14,17,21H,4-6,9-11,15-16H2,1-3H3,(H,27,34)(H,29,32)/t21-/m0/s1. The number of carbonyl (C=O) groups is 3. The maximum atomic E-state index is 13.0. The molecule has 0 saturated carbocycles. The molecule has 10 heteroatoms. The third kappa shape index (κ3) is 7.99. The van der Waals surface area contributed by atoms with E-state index in [-0.39, 0.29) is 42.8 Å². The Bertz CT molecular complexity index is 1040. The lowest BCUT2D eigenvalue weighted by Crippen LogP contribution is -2.48. The topological polar surface area (TPSA) is 106 Å². The van der Waals surface area contributed by atoms with Crippen LogP contribution in [0.5, 0.6) is 5.75 Å². The summed E-state index contributed by atoms with van der Waals surface area (Å²) in [6.07, 6.45) is 5.79. The number of carbonyl (C=O) groups excluding carboxylic acids is 3. The summed E-state index contributed by atoms with van der Waals surface area (Å²) >= 11 is 6.11. The van der Waals surface area contributed by atoms with Crippen molar-refractivity contribution in [2.45, 2.75) is 45.6 Å². The Kier molecular flexibility index (Phi) is 9.54. The molecule has 2 N–H and O–H groups in total. The zero-order valence-electron chi connectivity index (χ0n) is 20.6. The highest BCUT2D eigenvalue weighted by Crippen LogP contribution is 2.24. The molecule has 2 heterocycles. The van der Waals surface area contributed by atoms with Crippen LogP contribution in [-0.2, 0) is 23.1 Å². The first-order valence-electron chi connectivity index (χ1n) is 12.0. The van der Waals surface area contributed by atoms with Crippen molar-refractivity contribution >= 4 is 29.3 Å². The van der Waals surface area contributed by atoms with E-state index in [1.165, 1.54) is 0 Å². The number of ether oxygens (including phenoxy) is 1. The van der Waals surface area contributed by atoms with Gasteiger partial charge in [-0.25, -0.2) is 0 Å². The van der Waals surface area contributed by atoms with Gasteiger partial charge in [-0.2, -0.15) is 5.10 Å². The van der Waals surface area contributed by atoms with Crippen LogP contribution in [0.15, 0.2) is 30.6 Å². The average molecular weight is 504 g/mol. The lowest BCUT2D eigenvalue weighted by atomic mass is 10.1. The molecule has 0 aliphatic carbocycles. The SMILES string of the molecule is CC(C)[C@@H]1COc2ccc(Cl)cc2C(=O)NCCCCN(C(=O)CCc2cnn(C)c2)CC(=O)N1. The van der Waals surface area contributed by atoms with Gasteiger partial charge in [0.25, 0.3) is 5.91 Å². The highest BCUT2D eigenvalue weighted by molar-refractivity contribution is 6.31. The van der Waals surface area contributed by atoms with Gasteiger partial charge < -0.3 is 20.3 Å². The molecule has 190 valence electrons. The second kappa shape index (κ2) is 12.6. The van der Waals surface area contributed by atoms with Gasteiger partial charge in [-0.05, 0) is 48.9 Å². The molecule has 1 atom stereocenters. The highest BCUT2D eigenvalue weighted by atomic mass is 35.5. The van der Waals surface area contributed by atoms with Crippen LogP contribution in [-0.4, -0.2) is 64.7 Å². The molecule has 0 fully saturated rings. The van der Waals surface area contributed by atoms with Gasteiger partial charge in [0, 0.05) is 37.8 Å². The Hall–Kier alpha value is -3.07. The predicted molar refractivity (Wildman–Crippen MR) is 133 cm³/mol. The van der Waals surface area contributed by atoms with Gasteiger partial charge in [0.2, 0.25) is 11.8 Å². The first kappa shape index (κ1) is 26.5. The summed E-state index contributed by atoms with van der Waals surface area (Å²) in [5, 5.41) is 10.5. The molecule has 1 aromatic carbocycles. The second-order valence-corrected chi connectivity index (χ2v) is 9.61. The van der Waals surface area contributed by atoms with E-state index in [2.05, 4.69) is 15.7 Å². The zero-order chi connectivity index (χ0) is 25.4. The molecule has 1 aliphatic heterocycles. The lowest BCUT2D eigenvalue weighted by Gasteiger charge is -2.26. The summed E-state index contributed by atoms with van der Waals surface area (Å²) in [5.41, 5.74) is 1.33. The van der Waals surface area contributed by atoms with Crippen molar-refractivity contribution in [2.75, 3.05) is 26.2 Å². The predicted octanol–water partition coefficient (Wildman–Crippen LogP) is 2.58. The van der Waals surface area contributed by atoms with E-state index in [0.29, 0.717) is 55.1 Å². The Morgan fingerprint density at radius 1 is 1.29 bits per heavy atom. The van der Waals surface area contributed by atoms with Gasteiger partial charge >= 0.3 is 0 Å². The minimum atomic E-state index is -0.299. The van der Waals surface area contributed by atoms with Crippen molar-refractivity contribution in [3.63, 3.8) is 0 Å². The van der Waals surface area contributed by atoms with Crippen LogP contribution in [0.25, 0.3) is 0 Å². The smallest absolute Gasteiger partial charge is 0.255 e. The van der Waals surface area contributed by atoms with Crippen molar-refractivity contribution in [3.05, 3.63) is 46.7 Å². The summed E-state index contributed by atoms with van der Waals surface area (Å²) in [7, 11) is 1.83. The molecule has 0 spiro atoms. The number of aromatic nitrogens is 2. The summed E-state index contributed by atoms with van der Waals surface area (Å²) in [5.74, 6) is -0.103. The summed E-state index contributed by atoms with van der Waals surface area (Å²) in [6.45, 7) is 4.99. The molecule has 35 heavy (non-hydrogen) atoms. The number of halogens is 1. The third-order valence-electron chi connectivity index (χ3n) is 5.97. The third-order valence-corrected chi connectivity index (χ3v) is 6.20. The van der Waals surface area contributed by atoms with Crippen LogP contribution in [0.4, 0.5) is 0 Å². The Morgan fingerprint density at radius 2 is 2.09 bits per heavy atom. The first-order valence-corrected chi connectivity index (χ1v) is 12.4. The maximum Gasteiger partial charge on any atom is 0.255 e. The van der Waals surface area contributed by atoms with Gasteiger partial charge in [0.05, 0.1) is 24.3 Å². The molecule has 2 aromatic rings. The second-order valence-electron chi connectivity index (χ2n) is 9.17. The van der Waals surface area contributed by atoms with Crippen molar-refractivity contribution in [3.8, 4) is 5.75 Å². The Balaban J connectivity index is 1.72. The number of hydrogen-bond donors (Lipinski definition) is 2. The van der Waals surface area contributed by atoms with Gasteiger partial charge in [0.15, 0.2) is 0 Å². The van der Waals surface area contributed by atoms with E-state index in [1.54, 1.807) is 34.0 Å². The van der Waals surface area contributed by atoms with Crippen LogP contribution in [0.2, 0.25) is 5.02 Å². The minimum Gasteiger partial charge on any atom is -0.491 e. The van der Waals surface area contributed by atoms with E-state index >= 15 is 0 Å². The highest BCUT2D eigenvalue weighted by Gasteiger charge is 2.23. The molecule has 0 unspecified atom stereocenters. The molecule has 0 radical (unpaired) electrons. The van der Waals surface area contributed by atoms with E-state index in [0.717, 1.165) is 5.56 Å². The van der Waals surface area contributed by atoms with E-state index < -0.39 is 0 Å². The number of rotatable bonds is 4. The zero-order valence-corrected chi connectivity index (χ0v) is 21.3. The fourth-order valence-corrected chi connectivity index (χ4v) is 4.01. The number of nitrogens with one attached hydrogen (secondary N) is 2. The largest absolute Gasteiger partial charge is 0.491 e. The van der Waals surface area contributed by atoms with Crippen LogP contribution in [0, 0.1) is 5.92 Å². The van der Waals surface area contributed by atoms with E-state index in [4.69, 9.17) is 16.3 Å². The summed E-state index contributed by atoms with van der Waals surface area (Å²) in [4.78, 5) is 40.3. The Morgan fingerprint density at radius 3 is 2.80 bits per heavy atom. The first-order chi connectivity index (χ1) is 16.7. The van der Waals surface area contributed by atoms with Crippen LogP contribution >= 0.6 is 11.6 Å². The fraction of sp³-hybridized carbons (Fsp3) is 0.520. The molecule has 3 amide bonds. The number of aryl methyl sites for hydroxylation is 2. The van der Waals surface area contributed by atoms with E-state index in [1.807, 2.05) is 27.1 Å². The fourth-order valence-electron chi connectivity index (χ4n) is 3.84. The number of amides is 3. The number of hydrogen-bond acceptors (Lipinski definition) is 5. The van der Waals surface area contributed by atoms with E-state index in [9.17, 15) is 14.4 Å². The molecule has 3 rings (SSSR count). The number of nitrogens with zero attached hydrogens (tertiary/aromatic N) is 3. The van der Waals surface area contributed by atoms with Crippen LogP contribution in [0.1, 0.15) is 49.0 Å². The molecule has 0 saturated heterocycles. The molecule has 0 bridgehead atoms. The summed E-state index contributed by atoms with van der Waals surface area (Å²) in [6, 6.07) is 4.61. The molecule has 1 aromatic heterocycles. The maximum absolute atomic E-state index is 13.0. The molecule has 9 nitrogen and oxygen atoms in total. The lowest BCUT2D eigenvalue weighted by molar-refractivity contribution is -0.136. The Labute approximate surface area is 211 Å². The monoisotopic (exact) mass is 503 g/mol. The quantitative estimate of drug-likeness (QED) is 0.667. The minimum absolute atomic E-state index is 0.0202. The van der Waals surface area contributed by atoms with Crippen molar-refractivity contribution in [1.29, 1.82) is 0 Å². The van der Waals surface area contributed by atoms with Gasteiger partial charge in [0.1, 0.15) is 12.4 Å². The van der Waals surface area contributed by atoms with Gasteiger partial charge in [-0.15, -0.1) is 0 Å². The van der Waals surface area contributed by atoms with Crippen molar-refractivity contribution in [2.24, 2.45) is 13.0 Å². The van der Waals surface area contributed by atoms with Crippen molar-refractivity contribution in [1.82, 2.24) is 25.3 Å². The normalized spacial score (nSPS) is 18.1. The van der Waals surface area contributed by atoms with Crippen LogP contribution in [0.3, 0.4) is 0 Å². The van der Waals surface area contributed by atoms with Gasteiger partial charge in [-0.3, -0.25) is 19.1 Å². The molecular weight excluding hydrogens is 470 g/mol. The molecular formula is C25H34ClN5O4. The summed E-state index contributed by atoms with van der Waals surface area (Å²) < 4.78 is 7.65. The van der Waals surface area contributed by atoms with Gasteiger partial charge in [-0.1, -0.05) is 25.4 Å². The van der Waals surface area contributed by atoms with Crippen LogP contribution < -0.4 is 15.4 Å². The number of benzene rings is 1. The van der Waals surface area contributed by atoms with Crippen molar-refractivity contribution < 1.29 is 19.1 Å². The average Bonchev–Trinajstić information content (AvgIpc) is 3.23. The molecule has 1 aliphatic rings.